The fourth-order valence-electron chi connectivity index (χ4n) is 1.47. The van der Waals surface area contributed by atoms with Crippen molar-refractivity contribution < 1.29 is 9.47 Å². The van der Waals surface area contributed by atoms with Crippen molar-refractivity contribution in [3.63, 3.8) is 0 Å². The molecule has 0 fully saturated rings. The molecule has 0 heterocycles. The van der Waals surface area contributed by atoms with E-state index in [0.29, 0.717) is 12.5 Å². The molecule has 0 spiro atoms. The second-order valence-corrected chi connectivity index (χ2v) is 6.16. The van der Waals surface area contributed by atoms with E-state index in [-0.39, 0.29) is 0 Å². The van der Waals surface area contributed by atoms with E-state index in [2.05, 4.69) is 22.9 Å². The number of methoxy groups -OCH3 is 1. The normalized spacial score (nSPS) is 10.4. The van der Waals surface area contributed by atoms with Crippen molar-refractivity contribution in [2.75, 3.05) is 25.2 Å². The second kappa shape index (κ2) is 8.94. The fourth-order valence-corrected chi connectivity index (χ4v) is 2.84. The lowest BCUT2D eigenvalue weighted by Crippen LogP contribution is -2.02. The summed E-state index contributed by atoms with van der Waals surface area (Å²) in [5, 5.41) is 0. The van der Waals surface area contributed by atoms with Gasteiger partial charge in [-0.2, -0.15) is 11.8 Å². The predicted molar refractivity (Wildman–Crippen MR) is 83.4 cm³/mol. The Bertz CT molecular complexity index is 374. The Morgan fingerprint density at radius 1 is 1.39 bits per heavy atom. The highest BCUT2D eigenvalue weighted by atomic mass is 79.9. The number of alkyl halides is 1. The van der Waals surface area contributed by atoms with Crippen LogP contribution in [-0.4, -0.2) is 25.2 Å². The van der Waals surface area contributed by atoms with E-state index in [1.165, 1.54) is 0 Å². The van der Waals surface area contributed by atoms with Crippen LogP contribution in [0.4, 0.5) is 0 Å². The van der Waals surface area contributed by atoms with Gasteiger partial charge in [0.1, 0.15) is 0 Å². The van der Waals surface area contributed by atoms with Gasteiger partial charge in [-0.25, -0.2) is 0 Å². The van der Waals surface area contributed by atoms with Gasteiger partial charge in [0.05, 0.1) is 18.2 Å². The van der Waals surface area contributed by atoms with Crippen molar-refractivity contribution in [3.05, 3.63) is 22.2 Å². The number of hydrogen-bond donors (Lipinski definition) is 0. The maximum absolute atomic E-state index is 5.82. The van der Waals surface area contributed by atoms with Gasteiger partial charge in [0.15, 0.2) is 11.5 Å². The minimum Gasteiger partial charge on any atom is -0.493 e. The van der Waals surface area contributed by atoms with E-state index in [4.69, 9.17) is 21.1 Å². The summed E-state index contributed by atoms with van der Waals surface area (Å²) in [6.07, 6.45) is 1.03. The van der Waals surface area contributed by atoms with Crippen LogP contribution in [0.2, 0.25) is 0 Å². The number of ether oxygens (including phenoxy) is 2. The average molecular weight is 354 g/mol. The lowest BCUT2D eigenvalue weighted by Gasteiger charge is -2.13. The SMILES string of the molecule is CCSCCCOc1c(Br)cc(CCl)cc1OC. The Labute approximate surface area is 127 Å². The summed E-state index contributed by atoms with van der Waals surface area (Å²) in [6.45, 7) is 2.86. The molecular formula is C13H18BrClO2S. The molecule has 1 rings (SSSR count). The van der Waals surface area contributed by atoms with Crippen molar-refractivity contribution in [2.24, 2.45) is 0 Å². The Balaban J connectivity index is 2.63. The number of thioether (sulfide) groups is 1. The van der Waals surface area contributed by atoms with Crippen molar-refractivity contribution in [3.8, 4) is 11.5 Å². The third-order valence-electron chi connectivity index (χ3n) is 2.33. The molecule has 0 saturated carbocycles. The van der Waals surface area contributed by atoms with E-state index in [9.17, 15) is 0 Å². The van der Waals surface area contributed by atoms with Gasteiger partial charge in [0.25, 0.3) is 0 Å². The first-order valence-electron chi connectivity index (χ1n) is 5.85. The van der Waals surface area contributed by atoms with Crippen molar-refractivity contribution in [2.45, 2.75) is 19.2 Å². The number of hydrogen-bond acceptors (Lipinski definition) is 3. The monoisotopic (exact) mass is 352 g/mol. The van der Waals surface area contributed by atoms with Crippen LogP contribution in [0, 0.1) is 0 Å². The average Bonchev–Trinajstić information content (AvgIpc) is 2.39. The number of rotatable bonds is 8. The third kappa shape index (κ3) is 4.90. The van der Waals surface area contributed by atoms with Gasteiger partial charge in [-0.1, -0.05) is 6.92 Å². The lowest BCUT2D eigenvalue weighted by atomic mass is 10.2. The van der Waals surface area contributed by atoms with Gasteiger partial charge in [-0.05, 0) is 51.6 Å². The molecule has 0 amide bonds. The van der Waals surface area contributed by atoms with E-state index >= 15 is 0 Å². The quantitative estimate of drug-likeness (QED) is 0.498. The van der Waals surface area contributed by atoms with Crippen LogP contribution in [0.5, 0.6) is 11.5 Å². The minimum absolute atomic E-state index is 0.461. The van der Waals surface area contributed by atoms with Crippen LogP contribution in [0.3, 0.4) is 0 Å². The summed E-state index contributed by atoms with van der Waals surface area (Å²) in [7, 11) is 1.64. The predicted octanol–water partition coefficient (Wildman–Crippen LogP) is 4.72. The summed E-state index contributed by atoms with van der Waals surface area (Å²) in [6, 6.07) is 3.87. The van der Waals surface area contributed by atoms with E-state index in [1.807, 2.05) is 23.9 Å². The topological polar surface area (TPSA) is 18.5 Å². The van der Waals surface area contributed by atoms with Crippen LogP contribution in [-0.2, 0) is 5.88 Å². The summed E-state index contributed by atoms with van der Waals surface area (Å²) in [4.78, 5) is 0. The molecule has 0 aliphatic rings. The molecule has 0 atom stereocenters. The molecule has 0 radical (unpaired) electrons. The van der Waals surface area contributed by atoms with Gasteiger partial charge in [-0.3, -0.25) is 0 Å². The highest BCUT2D eigenvalue weighted by molar-refractivity contribution is 9.10. The Hall–Kier alpha value is -0.0600. The molecule has 0 N–H and O–H groups in total. The summed E-state index contributed by atoms with van der Waals surface area (Å²) < 4.78 is 12.0. The summed E-state index contributed by atoms with van der Waals surface area (Å²) in [5.74, 6) is 4.21. The molecule has 0 saturated heterocycles. The molecule has 102 valence electrons. The molecular weight excluding hydrogens is 336 g/mol. The molecule has 18 heavy (non-hydrogen) atoms. The van der Waals surface area contributed by atoms with Gasteiger partial charge in [0.2, 0.25) is 0 Å². The Kier molecular flexibility index (Phi) is 7.95. The first kappa shape index (κ1) is 16.0. The molecule has 0 aromatic heterocycles. The lowest BCUT2D eigenvalue weighted by molar-refractivity contribution is 0.293. The van der Waals surface area contributed by atoms with E-state index < -0.39 is 0 Å². The summed E-state index contributed by atoms with van der Waals surface area (Å²) in [5.41, 5.74) is 1.01. The van der Waals surface area contributed by atoms with Crippen molar-refractivity contribution >= 4 is 39.3 Å². The van der Waals surface area contributed by atoms with Crippen LogP contribution in [0.25, 0.3) is 0 Å². The molecule has 2 nitrogen and oxygen atoms in total. The van der Waals surface area contributed by atoms with Crippen LogP contribution in [0.1, 0.15) is 18.9 Å². The highest BCUT2D eigenvalue weighted by Gasteiger charge is 2.11. The van der Waals surface area contributed by atoms with Gasteiger partial charge in [0, 0.05) is 5.88 Å². The van der Waals surface area contributed by atoms with Crippen LogP contribution < -0.4 is 9.47 Å². The molecule has 0 aliphatic carbocycles. The smallest absolute Gasteiger partial charge is 0.175 e. The number of halogens is 2. The fraction of sp³-hybridized carbons (Fsp3) is 0.538. The molecule has 5 heteroatoms. The molecule has 0 bridgehead atoms. The van der Waals surface area contributed by atoms with Crippen molar-refractivity contribution in [1.29, 1.82) is 0 Å². The molecule has 0 unspecified atom stereocenters. The van der Waals surface area contributed by atoms with Crippen LogP contribution >= 0.6 is 39.3 Å². The molecule has 0 aliphatic heterocycles. The number of benzene rings is 1. The largest absolute Gasteiger partial charge is 0.493 e. The van der Waals surface area contributed by atoms with Gasteiger partial charge < -0.3 is 9.47 Å². The van der Waals surface area contributed by atoms with E-state index in [0.717, 1.165) is 39.5 Å². The maximum atomic E-state index is 5.82. The maximum Gasteiger partial charge on any atom is 0.175 e. The zero-order valence-corrected chi connectivity index (χ0v) is 13.8. The van der Waals surface area contributed by atoms with E-state index in [1.54, 1.807) is 7.11 Å². The third-order valence-corrected chi connectivity index (χ3v) is 4.21. The Morgan fingerprint density at radius 2 is 2.17 bits per heavy atom. The molecule has 1 aromatic carbocycles. The summed E-state index contributed by atoms with van der Waals surface area (Å²) >= 11 is 11.2. The zero-order chi connectivity index (χ0) is 13.4. The zero-order valence-electron chi connectivity index (χ0n) is 10.7. The molecule has 1 aromatic rings. The Morgan fingerprint density at radius 3 is 2.78 bits per heavy atom. The van der Waals surface area contributed by atoms with Gasteiger partial charge in [-0.15, -0.1) is 11.6 Å². The standard InChI is InChI=1S/C13H18BrClO2S/c1-3-18-6-4-5-17-13-11(14)7-10(9-15)8-12(13)16-2/h7-8H,3-6,9H2,1-2H3. The first-order chi connectivity index (χ1) is 8.72. The van der Waals surface area contributed by atoms with Gasteiger partial charge >= 0.3 is 0 Å². The highest BCUT2D eigenvalue weighted by Crippen LogP contribution is 2.37. The van der Waals surface area contributed by atoms with Crippen molar-refractivity contribution in [1.82, 2.24) is 0 Å². The van der Waals surface area contributed by atoms with Crippen LogP contribution in [0.15, 0.2) is 16.6 Å². The minimum atomic E-state index is 0.461. The first-order valence-corrected chi connectivity index (χ1v) is 8.34. The second-order valence-electron chi connectivity index (χ2n) is 3.64.